The van der Waals surface area contributed by atoms with Crippen molar-refractivity contribution in [2.75, 3.05) is 25.1 Å². The molecule has 0 saturated carbocycles. The van der Waals surface area contributed by atoms with E-state index in [1.165, 1.54) is 0 Å². The van der Waals surface area contributed by atoms with Gasteiger partial charge in [0.25, 0.3) is 0 Å². The first-order chi connectivity index (χ1) is 4.30. The fourth-order valence-electron chi connectivity index (χ4n) is 0.798. The summed E-state index contributed by atoms with van der Waals surface area (Å²) in [5, 5.41) is 0. The summed E-state index contributed by atoms with van der Waals surface area (Å²) in [7, 11) is 1.87. The smallest absolute Gasteiger partial charge is 0.232 e. The Morgan fingerprint density at radius 3 is 3.22 bits per heavy atom. The Hall–Kier alpha value is -0.180. The highest BCUT2D eigenvalue weighted by Gasteiger charge is 2.11. The highest BCUT2D eigenvalue weighted by Crippen LogP contribution is 2.08. The second-order valence-electron chi connectivity index (χ2n) is 2.22. The van der Waals surface area contributed by atoms with Crippen LogP contribution >= 0.6 is 11.8 Å². The Kier molecular flexibility index (Phi) is 2.39. The molecule has 0 aromatic heterocycles. The van der Waals surface area contributed by atoms with E-state index < -0.39 is 0 Å². The lowest BCUT2D eigenvalue weighted by Gasteiger charge is -2.11. The first-order valence-electron chi connectivity index (χ1n) is 3.12. The Labute approximate surface area is 59.6 Å². The van der Waals surface area contributed by atoms with Crippen molar-refractivity contribution in [3.63, 3.8) is 0 Å². The predicted octanol–water partition coefficient (Wildman–Crippen LogP) is 0.582. The van der Waals surface area contributed by atoms with Crippen LogP contribution in [0.4, 0.5) is 0 Å². The highest BCUT2D eigenvalue weighted by atomic mass is 32.2. The lowest BCUT2D eigenvalue weighted by molar-refractivity contribution is -0.126. The second-order valence-corrected chi connectivity index (χ2v) is 3.33. The van der Waals surface area contributed by atoms with Gasteiger partial charge in [-0.2, -0.15) is 11.8 Å². The molecule has 0 spiro atoms. The van der Waals surface area contributed by atoms with Crippen molar-refractivity contribution in [1.82, 2.24) is 4.90 Å². The third-order valence-corrected chi connectivity index (χ3v) is 2.46. The molecule has 1 fully saturated rings. The van der Waals surface area contributed by atoms with E-state index in [2.05, 4.69) is 0 Å². The van der Waals surface area contributed by atoms with Gasteiger partial charge < -0.3 is 4.90 Å². The van der Waals surface area contributed by atoms with Crippen LogP contribution in [0, 0.1) is 0 Å². The van der Waals surface area contributed by atoms with Gasteiger partial charge in [-0.05, 0) is 12.2 Å². The first kappa shape index (κ1) is 6.93. The molecular formula is C6H11NOS. The fraction of sp³-hybridized carbons (Fsp3) is 0.833. The monoisotopic (exact) mass is 145 g/mol. The number of carbonyl (C=O) groups excluding carboxylic acids is 1. The Balaban J connectivity index is 2.41. The average Bonchev–Trinajstić information content (AvgIpc) is 1.99. The quantitative estimate of drug-likeness (QED) is 0.497. The molecule has 1 aliphatic rings. The molecule has 3 heteroatoms. The average molecular weight is 145 g/mol. The van der Waals surface area contributed by atoms with Crippen LogP contribution in [0.15, 0.2) is 0 Å². The van der Waals surface area contributed by atoms with Gasteiger partial charge in [0.1, 0.15) is 0 Å². The number of amides is 1. The standard InChI is InChI=1S/C6H11NOS/c1-7-3-2-4-9-5-6(7)8/h2-5H2,1H3. The molecule has 0 aromatic carbocycles. The van der Waals surface area contributed by atoms with E-state index in [0.717, 1.165) is 18.7 Å². The SMILES string of the molecule is CN1CCCSCC1=O. The topological polar surface area (TPSA) is 20.3 Å². The van der Waals surface area contributed by atoms with Crippen LogP contribution in [0.25, 0.3) is 0 Å². The molecule has 0 radical (unpaired) electrons. The summed E-state index contributed by atoms with van der Waals surface area (Å²) in [6.07, 6.45) is 1.15. The van der Waals surface area contributed by atoms with Gasteiger partial charge in [0, 0.05) is 13.6 Å². The summed E-state index contributed by atoms with van der Waals surface area (Å²) in [4.78, 5) is 12.7. The van der Waals surface area contributed by atoms with Crippen LogP contribution in [0.5, 0.6) is 0 Å². The van der Waals surface area contributed by atoms with E-state index in [4.69, 9.17) is 0 Å². The molecule has 9 heavy (non-hydrogen) atoms. The number of carbonyl (C=O) groups is 1. The van der Waals surface area contributed by atoms with E-state index in [1.54, 1.807) is 16.7 Å². The molecule has 0 aromatic rings. The van der Waals surface area contributed by atoms with Crippen LogP contribution in [0.3, 0.4) is 0 Å². The van der Waals surface area contributed by atoms with Crippen molar-refractivity contribution in [3.8, 4) is 0 Å². The first-order valence-corrected chi connectivity index (χ1v) is 4.28. The molecule has 0 atom stereocenters. The maximum absolute atomic E-state index is 10.9. The fourth-order valence-corrected chi connectivity index (χ4v) is 1.67. The number of nitrogens with zero attached hydrogens (tertiary/aromatic N) is 1. The van der Waals surface area contributed by atoms with Crippen LogP contribution in [-0.4, -0.2) is 35.9 Å². The van der Waals surface area contributed by atoms with Crippen LogP contribution in [0.2, 0.25) is 0 Å². The Bertz CT molecular complexity index is 116. The van der Waals surface area contributed by atoms with E-state index in [1.807, 2.05) is 7.05 Å². The molecule has 1 saturated heterocycles. The lowest BCUT2D eigenvalue weighted by Crippen LogP contribution is -2.27. The molecule has 2 nitrogen and oxygen atoms in total. The van der Waals surface area contributed by atoms with Gasteiger partial charge in [-0.1, -0.05) is 0 Å². The zero-order chi connectivity index (χ0) is 6.69. The molecule has 52 valence electrons. The number of hydrogen-bond acceptors (Lipinski definition) is 2. The number of rotatable bonds is 0. The van der Waals surface area contributed by atoms with E-state index >= 15 is 0 Å². The molecule has 1 heterocycles. The molecule has 1 aliphatic heterocycles. The summed E-state index contributed by atoms with van der Waals surface area (Å²) in [6.45, 7) is 0.936. The molecule has 0 unspecified atom stereocenters. The highest BCUT2D eigenvalue weighted by molar-refractivity contribution is 7.99. The van der Waals surface area contributed by atoms with Crippen LogP contribution < -0.4 is 0 Å². The molecule has 1 amide bonds. The van der Waals surface area contributed by atoms with Gasteiger partial charge in [-0.25, -0.2) is 0 Å². The summed E-state index contributed by atoms with van der Waals surface area (Å²) in [5.74, 6) is 2.09. The summed E-state index contributed by atoms with van der Waals surface area (Å²) < 4.78 is 0. The maximum Gasteiger partial charge on any atom is 0.232 e. The molecule has 0 bridgehead atoms. The predicted molar refractivity (Wildman–Crippen MR) is 39.6 cm³/mol. The third-order valence-electron chi connectivity index (χ3n) is 1.43. The minimum Gasteiger partial charge on any atom is -0.345 e. The van der Waals surface area contributed by atoms with Crippen molar-refractivity contribution in [2.45, 2.75) is 6.42 Å². The van der Waals surface area contributed by atoms with Crippen molar-refractivity contribution < 1.29 is 4.79 Å². The summed E-state index contributed by atoms with van der Waals surface area (Å²) in [6, 6.07) is 0. The number of thioether (sulfide) groups is 1. The van der Waals surface area contributed by atoms with Gasteiger partial charge in [0.15, 0.2) is 0 Å². The second kappa shape index (κ2) is 3.11. The largest absolute Gasteiger partial charge is 0.345 e. The lowest BCUT2D eigenvalue weighted by atomic mass is 10.4. The van der Waals surface area contributed by atoms with Gasteiger partial charge in [-0.15, -0.1) is 0 Å². The summed E-state index contributed by atoms with van der Waals surface area (Å²) >= 11 is 1.74. The van der Waals surface area contributed by atoms with Gasteiger partial charge >= 0.3 is 0 Å². The van der Waals surface area contributed by atoms with Gasteiger partial charge in [-0.3, -0.25) is 4.79 Å². The van der Waals surface area contributed by atoms with Crippen molar-refractivity contribution in [3.05, 3.63) is 0 Å². The van der Waals surface area contributed by atoms with E-state index in [0.29, 0.717) is 5.75 Å². The van der Waals surface area contributed by atoms with E-state index in [9.17, 15) is 4.79 Å². The minimum atomic E-state index is 0.275. The van der Waals surface area contributed by atoms with Crippen molar-refractivity contribution in [2.24, 2.45) is 0 Å². The zero-order valence-electron chi connectivity index (χ0n) is 5.59. The third kappa shape index (κ3) is 1.90. The van der Waals surface area contributed by atoms with Crippen molar-refractivity contribution in [1.29, 1.82) is 0 Å². The van der Waals surface area contributed by atoms with Crippen LogP contribution in [0.1, 0.15) is 6.42 Å². The van der Waals surface area contributed by atoms with Gasteiger partial charge in [0.05, 0.1) is 5.75 Å². The molecule has 1 rings (SSSR count). The molecular weight excluding hydrogens is 134 g/mol. The molecule has 0 N–H and O–H groups in total. The number of hydrogen-bond donors (Lipinski definition) is 0. The van der Waals surface area contributed by atoms with Crippen molar-refractivity contribution >= 4 is 17.7 Å². The minimum absolute atomic E-state index is 0.275. The summed E-state index contributed by atoms with van der Waals surface area (Å²) in [5.41, 5.74) is 0. The van der Waals surface area contributed by atoms with E-state index in [-0.39, 0.29) is 5.91 Å². The Morgan fingerprint density at radius 2 is 2.44 bits per heavy atom. The molecule has 0 aliphatic carbocycles. The van der Waals surface area contributed by atoms with Gasteiger partial charge in [0.2, 0.25) is 5.91 Å². The maximum atomic E-state index is 10.9. The Morgan fingerprint density at radius 1 is 1.67 bits per heavy atom. The normalized spacial score (nSPS) is 21.9. The zero-order valence-corrected chi connectivity index (χ0v) is 6.41. The van der Waals surface area contributed by atoms with Crippen LogP contribution in [-0.2, 0) is 4.79 Å².